The van der Waals surface area contributed by atoms with Gasteiger partial charge in [-0.25, -0.2) is 0 Å². The van der Waals surface area contributed by atoms with Crippen molar-refractivity contribution >= 4 is 11.8 Å². The van der Waals surface area contributed by atoms with E-state index in [4.69, 9.17) is 0 Å². The molecule has 0 saturated carbocycles. The first-order chi connectivity index (χ1) is 10.5. The Kier molecular flexibility index (Phi) is 5.17. The molecule has 22 heavy (non-hydrogen) atoms. The van der Waals surface area contributed by atoms with Crippen molar-refractivity contribution in [3.63, 3.8) is 0 Å². The first-order valence-corrected chi connectivity index (χ1v) is 8.17. The molecule has 1 aromatic rings. The number of carbonyl (C=O) groups is 2. The van der Waals surface area contributed by atoms with E-state index in [1.165, 1.54) is 10.5 Å². The number of carbonyl (C=O) groups excluding carboxylic acids is 2. The topological polar surface area (TPSA) is 37.4 Å². The monoisotopic (exact) mass is 299 g/mol. The molecule has 3 nitrogen and oxygen atoms in total. The summed E-state index contributed by atoms with van der Waals surface area (Å²) in [5.74, 6) is -0.302. The highest BCUT2D eigenvalue weighted by Crippen LogP contribution is 2.31. The first-order valence-electron chi connectivity index (χ1n) is 8.17. The van der Waals surface area contributed by atoms with Crippen molar-refractivity contribution in [3.05, 3.63) is 47.5 Å². The van der Waals surface area contributed by atoms with E-state index in [1.807, 2.05) is 19.1 Å². The number of benzene rings is 1. The number of nitrogens with zero attached hydrogens (tertiary/aromatic N) is 1. The summed E-state index contributed by atoms with van der Waals surface area (Å²) in [6, 6.07) is 8.11. The van der Waals surface area contributed by atoms with Gasteiger partial charge in [-0.1, -0.05) is 57.0 Å². The van der Waals surface area contributed by atoms with Gasteiger partial charge in [-0.05, 0) is 30.9 Å². The molecule has 1 aliphatic rings. The van der Waals surface area contributed by atoms with Gasteiger partial charge >= 0.3 is 0 Å². The Morgan fingerprint density at radius 2 is 1.73 bits per heavy atom. The van der Waals surface area contributed by atoms with E-state index in [0.717, 1.165) is 31.2 Å². The smallest absolute Gasteiger partial charge is 0.252 e. The zero-order valence-corrected chi connectivity index (χ0v) is 13.8. The number of unbranched alkanes of at least 4 members (excludes halogenated alkanes) is 2. The Bertz CT molecular complexity index is 574. The summed E-state index contributed by atoms with van der Waals surface area (Å²) in [7, 11) is 0. The van der Waals surface area contributed by atoms with Gasteiger partial charge in [0, 0.05) is 12.6 Å². The van der Waals surface area contributed by atoms with Crippen LogP contribution in [0.5, 0.6) is 0 Å². The lowest BCUT2D eigenvalue weighted by molar-refractivity contribution is -0.146. The summed E-state index contributed by atoms with van der Waals surface area (Å²) < 4.78 is 0. The molecule has 1 heterocycles. The summed E-state index contributed by atoms with van der Waals surface area (Å²) in [4.78, 5) is 26.3. The van der Waals surface area contributed by atoms with E-state index in [-0.39, 0.29) is 11.8 Å². The fourth-order valence-corrected chi connectivity index (χ4v) is 2.82. The average Bonchev–Trinajstić information content (AvgIpc) is 2.55. The maximum absolute atomic E-state index is 12.9. The van der Waals surface area contributed by atoms with Crippen molar-refractivity contribution in [2.75, 3.05) is 6.54 Å². The predicted octanol–water partition coefficient (Wildman–Crippen LogP) is 3.62. The van der Waals surface area contributed by atoms with Crippen LogP contribution in [0.4, 0.5) is 0 Å². The fraction of sp³-hybridized carbons (Fsp3) is 0.474. The molecule has 2 rings (SSSR count). The minimum Gasteiger partial charge on any atom is -0.278 e. The molecule has 0 spiro atoms. The molecule has 0 aromatic heterocycles. The maximum Gasteiger partial charge on any atom is 0.252 e. The zero-order chi connectivity index (χ0) is 16.2. The lowest BCUT2D eigenvalue weighted by Crippen LogP contribution is -2.50. The molecule has 0 radical (unpaired) electrons. The summed E-state index contributed by atoms with van der Waals surface area (Å²) in [5.41, 5.74) is 1.45. The number of imide groups is 1. The SMILES string of the molecule is CCCCCN1C(=O)C=CC(C)(c2ccc(CC)cc2)C1=O. The fourth-order valence-electron chi connectivity index (χ4n) is 2.82. The Morgan fingerprint density at radius 3 is 2.32 bits per heavy atom. The van der Waals surface area contributed by atoms with Gasteiger partial charge in [0.1, 0.15) is 0 Å². The average molecular weight is 299 g/mol. The molecule has 3 heteroatoms. The maximum atomic E-state index is 12.9. The number of hydrogen-bond acceptors (Lipinski definition) is 2. The van der Waals surface area contributed by atoms with Crippen molar-refractivity contribution in [2.45, 2.75) is 51.9 Å². The first kappa shape index (κ1) is 16.5. The number of amides is 2. The normalized spacial score (nSPS) is 21.5. The molecule has 1 unspecified atom stereocenters. The lowest BCUT2D eigenvalue weighted by Gasteiger charge is -2.34. The lowest BCUT2D eigenvalue weighted by atomic mass is 9.78. The standard InChI is InChI=1S/C19H25NO2/c1-4-6-7-14-20-17(21)12-13-19(3,18(20)22)16-10-8-15(5-2)9-11-16/h8-13H,4-7,14H2,1-3H3. The molecule has 118 valence electrons. The van der Waals surface area contributed by atoms with E-state index in [9.17, 15) is 9.59 Å². The molecule has 1 aromatic carbocycles. The minimum atomic E-state index is -0.744. The van der Waals surface area contributed by atoms with Crippen LogP contribution in [0.3, 0.4) is 0 Å². The van der Waals surface area contributed by atoms with Crippen molar-refractivity contribution in [1.29, 1.82) is 0 Å². The molecule has 0 bridgehead atoms. The van der Waals surface area contributed by atoms with E-state index in [0.29, 0.717) is 6.54 Å². The zero-order valence-electron chi connectivity index (χ0n) is 13.8. The van der Waals surface area contributed by atoms with Crippen LogP contribution in [0.25, 0.3) is 0 Å². The van der Waals surface area contributed by atoms with Gasteiger partial charge < -0.3 is 0 Å². The van der Waals surface area contributed by atoms with Crippen LogP contribution in [0.1, 0.15) is 51.2 Å². The van der Waals surface area contributed by atoms with Crippen molar-refractivity contribution in [1.82, 2.24) is 4.90 Å². The van der Waals surface area contributed by atoms with Crippen molar-refractivity contribution in [2.24, 2.45) is 0 Å². The third-order valence-corrected chi connectivity index (χ3v) is 4.46. The second-order valence-corrected chi connectivity index (χ2v) is 6.09. The quantitative estimate of drug-likeness (QED) is 0.594. The number of hydrogen-bond donors (Lipinski definition) is 0. The molecule has 1 aliphatic heterocycles. The van der Waals surface area contributed by atoms with Crippen molar-refractivity contribution in [3.8, 4) is 0 Å². The Morgan fingerprint density at radius 1 is 1.05 bits per heavy atom. The number of aryl methyl sites for hydroxylation is 1. The van der Waals surface area contributed by atoms with Gasteiger partial charge in [0.15, 0.2) is 0 Å². The van der Waals surface area contributed by atoms with Crippen LogP contribution in [0, 0.1) is 0 Å². The van der Waals surface area contributed by atoms with Crippen LogP contribution < -0.4 is 0 Å². The third kappa shape index (κ3) is 3.13. The van der Waals surface area contributed by atoms with Crippen LogP contribution in [-0.4, -0.2) is 23.3 Å². The predicted molar refractivity (Wildman–Crippen MR) is 88.6 cm³/mol. The summed E-state index contributed by atoms with van der Waals surface area (Å²) in [5, 5.41) is 0. The van der Waals surface area contributed by atoms with Gasteiger partial charge in [-0.15, -0.1) is 0 Å². The van der Waals surface area contributed by atoms with Crippen LogP contribution in [0.2, 0.25) is 0 Å². The molecule has 0 saturated heterocycles. The van der Waals surface area contributed by atoms with Crippen LogP contribution >= 0.6 is 0 Å². The Hall–Kier alpha value is -1.90. The van der Waals surface area contributed by atoms with Gasteiger partial charge in [-0.3, -0.25) is 14.5 Å². The Balaban J connectivity index is 2.26. The summed E-state index contributed by atoms with van der Waals surface area (Å²) in [6.45, 7) is 6.63. The molecule has 0 N–H and O–H groups in total. The molecule has 2 amide bonds. The van der Waals surface area contributed by atoms with Gasteiger partial charge in [0.25, 0.3) is 5.91 Å². The highest BCUT2D eigenvalue weighted by molar-refractivity contribution is 6.09. The highest BCUT2D eigenvalue weighted by atomic mass is 16.2. The van der Waals surface area contributed by atoms with E-state index < -0.39 is 5.41 Å². The second kappa shape index (κ2) is 6.91. The second-order valence-electron chi connectivity index (χ2n) is 6.09. The molecular formula is C19H25NO2. The van der Waals surface area contributed by atoms with Crippen molar-refractivity contribution < 1.29 is 9.59 Å². The molecule has 1 atom stereocenters. The van der Waals surface area contributed by atoms with E-state index in [2.05, 4.69) is 26.0 Å². The number of rotatable bonds is 6. The minimum absolute atomic E-state index is 0.111. The third-order valence-electron chi connectivity index (χ3n) is 4.46. The Labute approximate surface area is 133 Å². The molecule has 0 aliphatic carbocycles. The van der Waals surface area contributed by atoms with Crippen LogP contribution in [0.15, 0.2) is 36.4 Å². The molecular weight excluding hydrogens is 274 g/mol. The van der Waals surface area contributed by atoms with E-state index >= 15 is 0 Å². The summed E-state index contributed by atoms with van der Waals surface area (Å²) >= 11 is 0. The van der Waals surface area contributed by atoms with Gasteiger partial charge in [0.2, 0.25) is 5.91 Å². The van der Waals surface area contributed by atoms with Crippen LogP contribution in [-0.2, 0) is 21.4 Å². The highest BCUT2D eigenvalue weighted by Gasteiger charge is 2.41. The molecule has 0 fully saturated rings. The van der Waals surface area contributed by atoms with Gasteiger partial charge in [-0.2, -0.15) is 0 Å². The summed E-state index contributed by atoms with van der Waals surface area (Å²) in [6.07, 6.45) is 7.23. The van der Waals surface area contributed by atoms with Gasteiger partial charge in [0.05, 0.1) is 5.41 Å². The largest absolute Gasteiger partial charge is 0.278 e. The van der Waals surface area contributed by atoms with E-state index in [1.54, 1.807) is 12.2 Å².